The van der Waals surface area contributed by atoms with Crippen molar-refractivity contribution >= 4 is 23.1 Å². The van der Waals surface area contributed by atoms with E-state index in [4.69, 9.17) is 0 Å². The van der Waals surface area contributed by atoms with Crippen molar-refractivity contribution in [2.45, 2.75) is 32.7 Å². The second kappa shape index (κ2) is 7.22. The number of hydrogen-bond acceptors (Lipinski definition) is 5. The monoisotopic (exact) mass is 365 g/mol. The number of piperidine rings is 1. The number of carbonyl (C=O) groups is 1. The lowest BCUT2D eigenvalue weighted by molar-refractivity contribution is 0.197. The molecule has 140 valence electrons. The summed E-state index contributed by atoms with van der Waals surface area (Å²) in [6.45, 7) is 5.45. The maximum atomic E-state index is 12.4. The van der Waals surface area contributed by atoms with Crippen LogP contribution in [0.5, 0.6) is 0 Å². The van der Waals surface area contributed by atoms with Crippen LogP contribution in [-0.2, 0) is 0 Å². The van der Waals surface area contributed by atoms with E-state index in [9.17, 15) is 4.79 Å². The summed E-state index contributed by atoms with van der Waals surface area (Å²) in [6, 6.07) is 9.78. The van der Waals surface area contributed by atoms with E-state index < -0.39 is 0 Å². The predicted molar refractivity (Wildman–Crippen MR) is 104 cm³/mol. The van der Waals surface area contributed by atoms with E-state index in [-0.39, 0.29) is 12.1 Å². The Labute approximate surface area is 157 Å². The zero-order valence-corrected chi connectivity index (χ0v) is 15.5. The van der Waals surface area contributed by atoms with Crippen LogP contribution >= 0.6 is 0 Å². The van der Waals surface area contributed by atoms with Crippen molar-refractivity contribution in [2.75, 3.05) is 23.7 Å². The van der Waals surface area contributed by atoms with Gasteiger partial charge in [-0.15, -0.1) is 10.2 Å². The van der Waals surface area contributed by atoms with Gasteiger partial charge in [0.05, 0.1) is 11.4 Å². The fourth-order valence-corrected chi connectivity index (χ4v) is 3.38. The lowest BCUT2D eigenvalue weighted by Gasteiger charge is -2.33. The first kappa shape index (κ1) is 17.3. The number of rotatable bonds is 3. The molecule has 1 aliphatic rings. The Bertz CT molecular complexity index is 945. The number of nitrogens with one attached hydrogen (secondary N) is 2. The van der Waals surface area contributed by atoms with Gasteiger partial charge in [0.1, 0.15) is 6.33 Å². The number of para-hydroxylation sites is 1. The number of nitrogens with zero attached hydrogens (tertiary/aromatic N) is 5. The van der Waals surface area contributed by atoms with E-state index in [2.05, 4.69) is 25.9 Å². The van der Waals surface area contributed by atoms with E-state index >= 15 is 0 Å². The first-order valence-corrected chi connectivity index (χ1v) is 9.16. The molecule has 1 saturated heterocycles. The summed E-state index contributed by atoms with van der Waals surface area (Å²) in [5.74, 6) is 0. The highest BCUT2D eigenvalue weighted by molar-refractivity contribution is 5.89. The van der Waals surface area contributed by atoms with Crippen molar-refractivity contribution in [3.8, 4) is 0 Å². The average Bonchev–Trinajstić information content (AvgIpc) is 3.14. The molecule has 4 rings (SSSR count). The molecule has 0 atom stereocenters. The highest BCUT2D eigenvalue weighted by Gasteiger charge is 2.24. The topological polar surface area (TPSA) is 87.5 Å². The maximum absolute atomic E-state index is 12.4. The van der Waals surface area contributed by atoms with E-state index in [1.165, 1.54) is 0 Å². The molecule has 0 spiro atoms. The standard InChI is InChI=1S/C19H23N7O/c1-13-14(2)24-26-12-20-23-18(26)17(13)21-16-8-10-25(11-9-16)19(27)22-15-6-4-3-5-7-15/h3-7,12,16,21H,8-11H2,1-2H3,(H,22,27). The third-order valence-electron chi connectivity index (χ3n) is 5.09. The molecule has 2 N–H and O–H groups in total. The molecule has 27 heavy (non-hydrogen) atoms. The lowest BCUT2D eigenvalue weighted by atomic mass is 10.0. The number of anilines is 2. The van der Waals surface area contributed by atoms with E-state index in [0.717, 1.165) is 41.1 Å². The van der Waals surface area contributed by atoms with Crippen LogP contribution in [0.2, 0.25) is 0 Å². The van der Waals surface area contributed by atoms with Crippen molar-refractivity contribution in [1.29, 1.82) is 0 Å². The van der Waals surface area contributed by atoms with E-state index in [1.807, 2.05) is 49.1 Å². The first-order valence-electron chi connectivity index (χ1n) is 9.16. The quantitative estimate of drug-likeness (QED) is 0.745. The van der Waals surface area contributed by atoms with Crippen LogP contribution in [0.4, 0.5) is 16.2 Å². The Hall–Kier alpha value is -3.16. The first-order chi connectivity index (χ1) is 13.1. The summed E-state index contributed by atoms with van der Waals surface area (Å²) < 4.78 is 1.70. The van der Waals surface area contributed by atoms with Crippen molar-refractivity contribution in [2.24, 2.45) is 0 Å². The van der Waals surface area contributed by atoms with Crippen molar-refractivity contribution in [3.63, 3.8) is 0 Å². The molecule has 0 unspecified atom stereocenters. The fraction of sp³-hybridized carbons (Fsp3) is 0.368. The minimum absolute atomic E-state index is 0.0459. The van der Waals surface area contributed by atoms with Gasteiger partial charge in [-0.3, -0.25) is 0 Å². The molecule has 1 aliphatic heterocycles. The maximum Gasteiger partial charge on any atom is 0.321 e. The number of aromatic nitrogens is 4. The third-order valence-corrected chi connectivity index (χ3v) is 5.09. The Morgan fingerprint density at radius 1 is 1.15 bits per heavy atom. The Morgan fingerprint density at radius 3 is 2.63 bits per heavy atom. The Balaban J connectivity index is 1.40. The molecular weight excluding hydrogens is 342 g/mol. The van der Waals surface area contributed by atoms with E-state index in [1.54, 1.807) is 10.8 Å². The van der Waals surface area contributed by atoms with Crippen LogP contribution in [0, 0.1) is 13.8 Å². The largest absolute Gasteiger partial charge is 0.379 e. The molecule has 3 aromatic rings. The number of hydrogen-bond donors (Lipinski definition) is 2. The number of benzene rings is 1. The summed E-state index contributed by atoms with van der Waals surface area (Å²) in [5.41, 5.74) is 4.57. The van der Waals surface area contributed by atoms with Gasteiger partial charge in [-0.25, -0.2) is 4.79 Å². The molecule has 1 aromatic carbocycles. The number of aryl methyl sites for hydroxylation is 1. The van der Waals surface area contributed by atoms with Crippen molar-refractivity contribution in [3.05, 3.63) is 47.9 Å². The molecule has 8 nitrogen and oxygen atoms in total. The van der Waals surface area contributed by atoms with Crippen LogP contribution in [0.15, 0.2) is 36.7 Å². The SMILES string of the molecule is Cc1nn2cnnc2c(NC2CCN(C(=O)Nc3ccccc3)CC2)c1C. The number of likely N-dealkylation sites (tertiary alicyclic amines) is 1. The fourth-order valence-electron chi connectivity index (χ4n) is 3.38. The minimum atomic E-state index is -0.0459. The summed E-state index contributed by atoms with van der Waals surface area (Å²) >= 11 is 0. The van der Waals surface area contributed by atoms with Crippen LogP contribution in [-0.4, -0.2) is 49.9 Å². The molecule has 2 amide bonds. The summed E-state index contributed by atoms with van der Waals surface area (Å²) in [7, 11) is 0. The normalized spacial score (nSPS) is 15.1. The number of fused-ring (bicyclic) bond motifs is 1. The molecule has 3 heterocycles. The third kappa shape index (κ3) is 3.55. The lowest BCUT2D eigenvalue weighted by Crippen LogP contribution is -2.44. The number of urea groups is 1. The van der Waals surface area contributed by atoms with Gasteiger partial charge in [0.2, 0.25) is 5.65 Å². The summed E-state index contributed by atoms with van der Waals surface area (Å²) in [5, 5.41) is 19.2. The molecule has 0 bridgehead atoms. The number of amides is 2. The Morgan fingerprint density at radius 2 is 1.89 bits per heavy atom. The zero-order valence-electron chi connectivity index (χ0n) is 15.5. The van der Waals surface area contributed by atoms with Crippen LogP contribution in [0.3, 0.4) is 0 Å². The van der Waals surface area contributed by atoms with Crippen molar-refractivity contribution < 1.29 is 4.79 Å². The molecule has 8 heteroatoms. The summed E-state index contributed by atoms with van der Waals surface area (Å²) in [6.07, 6.45) is 3.37. The summed E-state index contributed by atoms with van der Waals surface area (Å²) in [4.78, 5) is 14.3. The van der Waals surface area contributed by atoms with Gasteiger partial charge in [-0.2, -0.15) is 9.61 Å². The minimum Gasteiger partial charge on any atom is -0.379 e. The van der Waals surface area contributed by atoms with Crippen LogP contribution in [0.1, 0.15) is 24.1 Å². The van der Waals surface area contributed by atoms with Gasteiger partial charge in [0, 0.05) is 24.8 Å². The van der Waals surface area contributed by atoms with E-state index in [0.29, 0.717) is 13.1 Å². The molecule has 1 fully saturated rings. The van der Waals surface area contributed by atoms with Crippen LogP contribution < -0.4 is 10.6 Å². The molecule has 0 radical (unpaired) electrons. The molecule has 0 aliphatic carbocycles. The van der Waals surface area contributed by atoms with Gasteiger partial charge in [0.15, 0.2) is 0 Å². The highest BCUT2D eigenvalue weighted by atomic mass is 16.2. The second-order valence-electron chi connectivity index (χ2n) is 6.89. The van der Waals surface area contributed by atoms with Gasteiger partial charge in [-0.05, 0) is 44.4 Å². The van der Waals surface area contributed by atoms with Crippen LogP contribution in [0.25, 0.3) is 5.65 Å². The Kier molecular flexibility index (Phi) is 4.62. The molecule has 0 saturated carbocycles. The predicted octanol–water partition coefficient (Wildman–Crippen LogP) is 2.85. The average molecular weight is 365 g/mol. The number of carbonyl (C=O) groups excluding carboxylic acids is 1. The van der Waals surface area contributed by atoms with Gasteiger partial charge in [0.25, 0.3) is 0 Å². The highest BCUT2D eigenvalue weighted by Crippen LogP contribution is 2.25. The zero-order chi connectivity index (χ0) is 18.8. The van der Waals surface area contributed by atoms with Crippen molar-refractivity contribution in [1.82, 2.24) is 24.7 Å². The smallest absolute Gasteiger partial charge is 0.321 e. The van der Waals surface area contributed by atoms with Gasteiger partial charge >= 0.3 is 6.03 Å². The molecule has 2 aromatic heterocycles. The molecular formula is C19H23N7O. The van der Waals surface area contributed by atoms with Gasteiger partial charge in [-0.1, -0.05) is 18.2 Å². The second-order valence-corrected chi connectivity index (χ2v) is 6.89. The van der Waals surface area contributed by atoms with Gasteiger partial charge < -0.3 is 15.5 Å².